The number of urea groups is 2. The van der Waals surface area contributed by atoms with Gasteiger partial charge in [-0.05, 0) is 43.4 Å². The third-order valence-corrected chi connectivity index (χ3v) is 4.64. The van der Waals surface area contributed by atoms with Crippen molar-refractivity contribution in [3.63, 3.8) is 0 Å². The van der Waals surface area contributed by atoms with E-state index in [1.807, 2.05) is 38.1 Å². The summed E-state index contributed by atoms with van der Waals surface area (Å²) < 4.78 is 5.12. The summed E-state index contributed by atoms with van der Waals surface area (Å²) in [6.45, 7) is 5.36. The van der Waals surface area contributed by atoms with Crippen LogP contribution >= 0.6 is 0 Å². The standard InChI is InChI=1S/C20H28N4O5/c1-13(2)11-21-18(27)22-16(25)12-24-17(26)20(3,23-19(24)28)10-9-14-5-7-15(29-4)8-6-14/h5-8,13H,9-12H2,1-4H3,(H,23,28)(H2,21,22,25,27)/t20-/m0/s1. The van der Waals surface area contributed by atoms with E-state index in [2.05, 4.69) is 16.0 Å². The normalized spacial score (nSPS) is 18.6. The Bertz CT molecular complexity index is 778. The maximum Gasteiger partial charge on any atom is 0.325 e. The van der Waals surface area contributed by atoms with Crippen LogP contribution in [0.5, 0.6) is 5.75 Å². The minimum atomic E-state index is -1.11. The number of hydrogen-bond acceptors (Lipinski definition) is 5. The molecule has 0 aromatic heterocycles. The average molecular weight is 404 g/mol. The molecule has 9 heteroatoms. The van der Waals surface area contributed by atoms with Gasteiger partial charge in [-0.1, -0.05) is 26.0 Å². The lowest BCUT2D eigenvalue weighted by atomic mass is 9.93. The fourth-order valence-corrected chi connectivity index (χ4v) is 2.90. The van der Waals surface area contributed by atoms with Gasteiger partial charge in [0, 0.05) is 6.54 Å². The summed E-state index contributed by atoms with van der Waals surface area (Å²) >= 11 is 0. The summed E-state index contributed by atoms with van der Waals surface area (Å²) in [5.74, 6) is -0.254. The maximum absolute atomic E-state index is 12.7. The van der Waals surface area contributed by atoms with Crippen LogP contribution in [0.4, 0.5) is 9.59 Å². The minimum Gasteiger partial charge on any atom is -0.497 e. The van der Waals surface area contributed by atoms with Crippen molar-refractivity contribution in [3.8, 4) is 5.75 Å². The Kier molecular flexibility index (Phi) is 7.19. The lowest BCUT2D eigenvalue weighted by Gasteiger charge is -2.21. The summed E-state index contributed by atoms with van der Waals surface area (Å²) in [7, 11) is 1.58. The molecule has 0 bridgehead atoms. The quantitative estimate of drug-likeness (QED) is 0.567. The molecule has 29 heavy (non-hydrogen) atoms. The van der Waals surface area contributed by atoms with E-state index in [0.717, 1.165) is 16.2 Å². The van der Waals surface area contributed by atoms with E-state index in [4.69, 9.17) is 4.74 Å². The van der Waals surface area contributed by atoms with Gasteiger partial charge < -0.3 is 15.4 Å². The summed E-state index contributed by atoms with van der Waals surface area (Å²) in [5.41, 5.74) is -0.121. The van der Waals surface area contributed by atoms with E-state index in [-0.39, 0.29) is 5.92 Å². The molecule has 1 atom stereocenters. The van der Waals surface area contributed by atoms with E-state index in [9.17, 15) is 19.2 Å². The second kappa shape index (κ2) is 9.40. The van der Waals surface area contributed by atoms with E-state index in [0.29, 0.717) is 19.4 Å². The molecule has 158 valence electrons. The van der Waals surface area contributed by atoms with Crippen molar-refractivity contribution in [1.29, 1.82) is 0 Å². The Balaban J connectivity index is 1.91. The Morgan fingerprint density at radius 3 is 2.45 bits per heavy atom. The first-order chi connectivity index (χ1) is 13.6. The zero-order valence-electron chi connectivity index (χ0n) is 17.2. The molecule has 1 aliphatic heterocycles. The Hall–Kier alpha value is -3.10. The second-order valence-electron chi connectivity index (χ2n) is 7.65. The predicted octanol–water partition coefficient (Wildman–Crippen LogP) is 1.42. The first-order valence-electron chi connectivity index (χ1n) is 9.49. The number of hydrogen-bond donors (Lipinski definition) is 3. The number of ether oxygens (including phenoxy) is 1. The highest BCUT2D eigenvalue weighted by atomic mass is 16.5. The van der Waals surface area contributed by atoms with Gasteiger partial charge in [0.2, 0.25) is 5.91 Å². The molecule has 0 unspecified atom stereocenters. The molecule has 0 radical (unpaired) electrons. The molecule has 1 heterocycles. The van der Waals surface area contributed by atoms with Crippen LogP contribution in [-0.2, 0) is 16.0 Å². The van der Waals surface area contributed by atoms with Crippen molar-refractivity contribution in [2.75, 3.05) is 20.2 Å². The molecule has 3 N–H and O–H groups in total. The van der Waals surface area contributed by atoms with Crippen LogP contribution in [0.15, 0.2) is 24.3 Å². The lowest BCUT2D eigenvalue weighted by Crippen LogP contribution is -2.48. The van der Waals surface area contributed by atoms with Crippen LogP contribution in [0.25, 0.3) is 0 Å². The molecule has 1 fully saturated rings. The number of nitrogens with zero attached hydrogens (tertiary/aromatic N) is 1. The van der Waals surface area contributed by atoms with E-state index < -0.39 is 36.0 Å². The third-order valence-electron chi connectivity index (χ3n) is 4.64. The van der Waals surface area contributed by atoms with Gasteiger partial charge in [0.25, 0.3) is 5.91 Å². The summed E-state index contributed by atoms with van der Waals surface area (Å²) in [5, 5.41) is 7.32. The van der Waals surface area contributed by atoms with Crippen LogP contribution in [0.3, 0.4) is 0 Å². The molecular weight excluding hydrogens is 376 g/mol. The van der Waals surface area contributed by atoms with Gasteiger partial charge in [-0.25, -0.2) is 9.59 Å². The van der Waals surface area contributed by atoms with Crippen molar-refractivity contribution in [2.45, 2.75) is 39.2 Å². The molecule has 1 aliphatic rings. The minimum absolute atomic E-state index is 0.230. The molecule has 6 amide bonds. The van der Waals surface area contributed by atoms with Gasteiger partial charge in [-0.15, -0.1) is 0 Å². The molecule has 1 aromatic carbocycles. The summed E-state index contributed by atoms with van der Waals surface area (Å²) in [6.07, 6.45) is 0.932. The lowest BCUT2D eigenvalue weighted by molar-refractivity contribution is -0.134. The van der Waals surface area contributed by atoms with Gasteiger partial charge in [0.05, 0.1) is 7.11 Å². The molecule has 1 saturated heterocycles. The van der Waals surface area contributed by atoms with Gasteiger partial charge in [-0.2, -0.15) is 0 Å². The van der Waals surface area contributed by atoms with Gasteiger partial charge >= 0.3 is 12.1 Å². The summed E-state index contributed by atoms with van der Waals surface area (Å²) in [6, 6.07) is 6.14. The van der Waals surface area contributed by atoms with Crippen LogP contribution < -0.4 is 20.7 Å². The smallest absolute Gasteiger partial charge is 0.325 e. The SMILES string of the molecule is COc1ccc(CC[C@]2(C)NC(=O)N(CC(=O)NC(=O)NCC(C)C)C2=O)cc1. The first-order valence-corrected chi connectivity index (χ1v) is 9.49. The number of imide groups is 2. The maximum atomic E-state index is 12.7. The van der Waals surface area contributed by atoms with Crippen LogP contribution in [-0.4, -0.2) is 54.5 Å². The van der Waals surface area contributed by atoms with Gasteiger partial charge in [-0.3, -0.25) is 19.8 Å². The van der Waals surface area contributed by atoms with Crippen molar-refractivity contribution >= 4 is 23.9 Å². The van der Waals surface area contributed by atoms with Gasteiger partial charge in [0.1, 0.15) is 17.8 Å². The second-order valence-corrected chi connectivity index (χ2v) is 7.65. The molecule has 1 aromatic rings. The van der Waals surface area contributed by atoms with Crippen molar-refractivity contribution in [1.82, 2.24) is 20.9 Å². The molecular formula is C20H28N4O5. The fourth-order valence-electron chi connectivity index (χ4n) is 2.90. The molecule has 0 aliphatic carbocycles. The Morgan fingerprint density at radius 1 is 1.21 bits per heavy atom. The van der Waals surface area contributed by atoms with Crippen LogP contribution in [0.1, 0.15) is 32.8 Å². The highest BCUT2D eigenvalue weighted by molar-refractivity contribution is 6.09. The van der Waals surface area contributed by atoms with Gasteiger partial charge in [0.15, 0.2) is 0 Å². The number of methoxy groups -OCH3 is 1. The molecule has 0 spiro atoms. The highest BCUT2D eigenvalue weighted by Crippen LogP contribution is 2.23. The molecule has 2 rings (SSSR count). The number of nitrogens with one attached hydrogen (secondary N) is 3. The fraction of sp³-hybridized carbons (Fsp3) is 0.500. The number of carbonyl (C=O) groups excluding carboxylic acids is 4. The van der Waals surface area contributed by atoms with Crippen LogP contribution in [0.2, 0.25) is 0 Å². The van der Waals surface area contributed by atoms with E-state index in [1.165, 1.54) is 0 Å². The zero-order chi connectivity index (χ0) is 21.6. The average Bonchev–Trinajstić information content (AvgIpc) is 2.88. The number of amides is 6. The van der Waals surface area contributed by atoms with Crippen molar-refractivity contribution in [2.24, 2.45) is 5.92 Å². The van der Waals surface area contributed by atoms with Crippen molar-refractivity contribution in [3.05, 3.63) is 29.8 Å². The number of aryl methyl sites for hydroxylation is 1. The first kappa shape index (κ1) is 22.2. The Labute approximate surface area is 170 Å². The van der Waals surface area contributed by atoms with Crippen molar-refractivity contribution < 1.29 is 23.9 Å². The third kappa shape index (κ3) is 5.94. The predicted molar refractivity (Wildman–Crippen MR) is 106 cm³/mol. The Morgan fingerprint density at radius 2 is 1.86 bits per heavy atom. The van der Waals surface area contributed by atoms with E-state index in [1.54, 1.807) is 14.0 Å². The zero-order valence-corrected chi connectivity index (χ0v) is 17.2. The highest BCUT2D eigenvalue weighted by Gasteiger charge is 2.47. The molecule has 0 saturated carbocycles. The summed E-state index contributed by atoms with van der Waals surface area (Å²) in [4.78, 5) is 49.5. The van der Waals surface area contributed by atoms with Crippen LogP contribution in [0, 0.1) is 5.92 Å². The number of benzene rings is 1. The monoisotopic (exact) mass is 404 g/mol. The topological polar surface area (TPSA) is 117 Å². The number of rotatable bonds is 8. The number of carbonyl (C=O) groups is 4. The largest absolute Gasteiger partial charge is 0.497 e. The van der Waals surface area contributed by atoms with E-state index >= 15 is 0 Å². The molecule has 9 nitrogen and oxygen atoms in total.